The predicted molar refractivity (Wildman–Crippen MR) is 110 cm³/mol. The molecule has 0 aliphatic carbocycles. The summed E-state index contributed by atoms with van der Waals surface area (Å²) in [7, 11) is 1.59. The number of nitrogens with one attached hydrogen (secondary N) is 2. The average molecular weight is 391 g/mol. The number of rotatable bonds is 6. The number of anilines is 1. The third-order valence-corrected chi connectivity index (χ3v) is 4.23. The highest BCUT2D eigenvalue weighted by atomic mass is 16.5. The number of amides is 4. The van der Waals surface area contributed by atoms with Crippen molar-refractivity contribution in [3.63, 3.8) is 0 Å². The van der Waals surface area contributed by atoms with Crippen LogP contribution in [0.4, 0.5) is 10.5 Å². The lowest BCUT2D eigenvalue weighted by molar-refractivity contribution is -0.127. The molecule has 0 saturated carbocycles. The number of benzene rings is 2. The highest BCUT2D eigenvalue weighted by molar-refractivity contribution is 6.14. The molecule has 148 valence electrons. The van der Waals surface area contributed by atoms with Crippen molar-refractivity contribution in [3.05, 3.63) is 77.5 Å². The van der Waals surface area contributed by atoms with Crippen molar-refractivity contribution in [2.24, 2.45) is 0 Å². The van der Waals surface area contributed by atoms with Crippen molar-refractivity contribution >= 4 is 29.6 Å². The van der Waals surface area contributed by atoms with E-state index in [9.17, 15) is 14.4 Å². The SMILES string of the molecule is COc1ccc(/C=C/C=C2/NC(=O)N(CC(=O)Nc3cccc(C)c3)C2=O)cc1. The minimum atomic E-state index is -0.626. The summed E-state index contributed by atoms with van der Waals surface area (Å²) in [5.41, 5.74) is 2.63. The monoisotopic (exact) mass is 391 g/mol. The molecule has 1 aliphatic rings. The molecule has 2 aromatic carbocycles. The van der Waals surface area contributed by atoms with Gasteiger partial charge in [0.25, 0.3) is 5.91 Å². The van der Waals surface area contributed by atoms with Crippen LogP contribution in [0.15, 0.2) is 66.4 Å². The number of imide groups is 1. The van der Waals surface area contributed by atoms with E-state index in [-0.39, 0.29) is 12.2 Å². The van der Waals surface area contributed by atoms with Crippen molar-refractivity contribution in [2.75, 3.05) is 19.0 Å². The summed E-state index contributed by atoms with van der Waals surface area (Å²) in [6.45, 7) is 1.54. The van der Waals surface area contributed by atoms with Crippen LogP contribution in [0.2, 0.25) is 0 Å². The van der Waals surface area contributed by atoms with Crippen LogP contribution in [0.5, 0.6) is 5.75 Å². The van der Waals surface area contributed by atoms with Gasteiger partial charge in [0, 0.05) is 5.69 Å². The third kappa shape index (κ3) is 5.10. The highest BCUT2D eigenvalue weighted by Gasteiger charge is 2.34. The number of carbonyl (C=O) groups is 3. The van der Waals surface area contributed by atoms with E-state index < -0.39 is 17.8 Å². The fourth-order valence-corrected chi connectivity index (χ4v) is 2.77. The fraction of sp³-hybridized carbons (Fsp3) is 0.136. The first-order valence-corrected chi connectivity index (χ1v) is 8.98. The van der Waals surface area contributed by atoms with Crippen LogP contribution in [0.25, 0.3) is 6.08 Å². The molecular weight excluding hydrogens is 370 g/mol. The zero-order valence-corrected chi connectivity index (χ0v) is 16.1. The maximum atomic E-state index is 12.4. The largest absolute Gasteiger partial charge is 0.497 e. The molecule has 1 saturated heterocycles. The van der Waals surface area contributed by atoms with Gasteiger partial charge in [0.15, 0.2) is 0 Å². The number of nitrogens with zero attached hydrogens (tertiary/aromatic N) is 1. The number of carbonyl (C=O) groups excluding carboxylic acids is 3. The molecular formula is C22H21N3O4. The van der Waals surface area contributed by atoms with Gasteiger partial charge in [0.05, 0.1) is 7.11 Å². The van der Waals surface area contributed by atoms with Crippen LogP contribution in [-0.4, -0.2) is 36.4 Å². The summed E-state index contributed by atoms with van der Waals surface area (Å²) in [5.74, 6) is -0.249. The Balaban J connectivity index is 1.61. The molecule has 0 radical (unpaired) electrons. The minimum absolute atomic E-state index is 0.114. The van der Waals surface area contributed by atoms with E-state index in [2.05, 4.69) is 10.6 Å². The molecule has 1 heterocycles. The summed E-state index contributed by atoms with van der Waals surface area (Å²) in [5, 5.41) is 5.17. The van der Waals surface area contributed by atoms with Crippen molar-refractivity contribution in [1.82, 2.24) is 10.2 Å². The molecule has 4 amide bonds. The van der Waals surface area contributed by atoms with Crippen LogP contribution >= 0.6 is 0 Å². The molecule has 1 aliphatic heterocycles. The normalized spacial score (nSPS) is 15.1. The standard InChI is InChI=1S/C22H21N3O4/c1-15-5-3-7-17(13-15)23-20(26)14-25-21(27)19(24-22(25)28)8-4-6-16-9-11-18(29-2)12-10-16/h3-13H,14H2,1-2H3,(H,23,26)(H,24,28)/b6-4+,19-8+. The van der Waals surface area contributed by atoms with Crippen LogP contribution in [0.1, 0.15) is 11.1 Å². The van der Waals surface area contributed by atoms with E-state index in [1.54, 1.807) is 31.4 Å². The Kier molecular flexibility index (Phi) is 6.09. The van der Waals surface area contributed by atoms with Gasteiger partial charge in [-0.25, -0.2) is 9.69 Å². The molecule has 0 spiro atoms. The quantitative estimate of drug-likeness (QED) is 0.585. The zero-order valence-electron chi connectivity index (χ0n) is 16.1. The smallest absolute Gasteiger partial charge is 0.329 e. The van der Waals surface area contributed by atoms with E-state index >= 15 is 0 Å². The lowest BCUT2D eigenvalue weighted by Crippen LogP contribution is -2.38. The average Bonchev–Trinajstić information content (AvgIpc) is 2.96. The minimum Gasteiger partial charge on any atom is -0.497 e. The number of aryl methyl sites for hydroxylation is 1. The number of hydrogen-bond acceptors (Lipinski definition) is 4. The van der Waals surface area contributed by atoms with E-state index in [0.717, 1.165) is 21.8 Å². The first-order valence-electron chi connectivity index (χ1n) is 8.98. The van der Waals surface area contributed by atoms with Crippen molar-refractivity contribution in [3.8, 4) is 5.75 Å². The Hall–Kier alpha value is -3.87. The Morgan fingerprint density at radius 3 is 2.62 bits per heavy atom. The summed E-state index contributed by atoms with van der Waals surface area (Å²) in [4.78, 5) is 37.6. The second-order valence-corrected chi connectivity index (χ2v) is 6.45. The van der Waals surface area contributed by atoms with Crippen LogP contribution in [-0.2, 0) is 9.59 Å². The van der Waals surface area contributed by atoms with Gasteiger partial charge in [-0.2, -0.15) is 0 Å². The summed E-state index contributed by atoms with van der Waals surface area (Å²) in [6.07, 6.45) is 4.95. The van der Waals surface area contributed by atoms with Crippen LogP contribution in [0, 0.1) is 6.92 Å². The molecule has 1 fully saturated rings. The lowest BCUT2D eigenvalue weighted by Gasteiger charge is -2.12. The molecule has 7 heteroatoms. The molecule has 0 atom stereocenters. The molecule has 2 aromatic rings. The Morgan fingerprint density at radius 1 is 1.17 bits per heavy atom. The molecule has 29 heavy (non-hydrogen) atoms. The van der Waals surface area contributed by atoms with Gasteiger partial charge in [-0.05, 0) is 48.4 Å². The molecule has 3 rings (SSSR count). The molecule has 0 unspecified atom stereocenters. The fourth-order valence-electron chi connectivity index (χ4n) is 2.77. The van der Waals surface area contributed by atoms with Crippen LogP contribution < -0.4 is 15.4 Å². The molecule has 0 bridgehead atoms. The van der Waals surface area contributed by atoms with Gasteiger partial charge in [-0.15, -0.1) is 0 Å². The molecule has 7 nitrogen and oxygen atoms in total. The topological polar surface area (TPSA) is 87.7 Å². The second kappa shape index (κ2) is 8.88. The van der Waals surface area contributed by atoms with Gasteiger partial charge < -0.3 is 15.4 Å². The summed E-state index contributed by atoms with van der Waals surface area (Å²) >= 11 is 0. The Labute approximate surface area is 168 Å². The number of methoxy groups -OCH3 is 1. The number of hydrogen-bond donors (Lipinski definition) is 2. The third-order valence-electron chi connectivity index (χ3n) is 4.23. The second-order valence-electron chi connectivity index (χ2n) is 6.45. The maximum Gasteiger partial charge on any atom is 0.329 e. The first-order chi connectivity index (χ1) is 14.0. The zero-order chi connectivity index (χ0) is 20.8. The predicted octanol–water partition coefficient (Wildman–Crippen LogP) is 3.09. The molecule has 2 N–H and O–H groups in total. The number of allylic oxidation sites excluding steroid dienone is 2. The van der Waals surface area contributed by atoms with Crippen molar-refractivity contribution < 1.29 is 19.1 Å². The van der Waals surface area contributed by atoms with Gasteiger partial charge in [-0.3, -0.25) is 9.59 Å². The maximum absolute atomic E-state index is 12.4. The Morgan fingerprint density at radius 2 is 1.93 bits per heavy atom. The van der Waals surface area contributed by atoms with Crippen molar-refractivity contribution in [1.29, 1.82) is 0 Å². The van der Waals surface area contributed by atoms with E-state index in [1.165, 1.54) is 6.08 Å². The summed E-state index contributed by atoms with van der Waals surface area (Å²) in [6, 6.07) is 14.0. The first kappa shape index (κ1) is 19.9. The van der Waals surface area contributed by atoms with E-state index in [1.807, 2.05) is 43.3 Å². The van der Waals surface area contributed by atoms with E-state index in [4.69, 9.17) is 4.74 Å². The van der Waals surface area contributed by atoms with Crippen molar-refractivity contribution in [2.45, 2.75) is 6.92 Å². The summed E-state index contributed by atoms with van der Waals surface area (Å²) < 4.78 is 5.10. The Bertz CT molecular complexity index is 993. The highest BCUT2D eigenvalue weighted by Crippen LogP contribution is 2.14. The molecule has 0 aromatic heterocycles. The van der Waals surface area contributed by atoms with Gasteiger partial charge >= 0.3 is 6.03 Å². The van der Waals surface area contributed by atoms with Gasteiger partial charge in [-0.1, -0.05) is 36.4 Å². The van der Waals surface area contributed by atoms with Gasteiger partial charge in [0.1, 0.15) is 18.0 Å². The van der Waals surface area contributed by atoms with Crippen LogP contribution in [0.3, 0.4) is 0 Å². The lowest BCUT2D eigenvalue weighted by atomic mass is 10.2. The number of urea groups is 1. The number of ether oxygens (including phenoxy) is 1. The van der Waals surface area contributed by atoms with E-state index in [0.29, 0.717) is 5.69 Å². The van der Waals surface area contributed by atoms with Gasteiger partial charge in [0.2, 0.25) is 5.91 Å².